The van der Waals surface area contributed by atoms with Gasteiger partial charge in [-0.1, -0.05) is 0 Å². The van der Waals surface area contributed by atoms with Crippen molar-refractivity contribution in [1.29, 1.82) is 0 Å². The van der Waals surface area contributed by atoms with Crippen LogP contribution in [-0.2, 0) is 11.3 Å². The van der Waals surface area contributed by atoms with E-state index in [1.54, 1.807) is 12.4 Å². The van der Waals surface area contributed by atoms with Crippen molar-refractivity contribution in [1.82, 2.24) is 19.7 Å². The molecule has 6 nitrogen and oxygen atoms in total. The zero-order valence-corrected chi connectivity index (χ0v) is 14.5. The molecule has 0 saturated carbocycles. The van der Waals surface area contributed by atoms with E-state index in [0.29, 0.717) is 5.13 Å². The molecule has 1 unspecified atom stereocenters. The lowest BCUT2D eigenvalue weighted by Gasteiger charge is -2.31. The summed E-state index contributed by atoms with van der Waals surface area (Å²) in [6.07, 6.45) is 7.46. The minimum atomic E-state index is 0.0435. The molecule has 3 rings (SSSR count). The minimum absolute atomic E-state index is 0.0435. The maximum absolute atomic E-state index is 12.3. The molecule has 1 atom stereocenters. The average molecular weight is 384 g/mol. The Morgan fingerprint density at radius 2 is 2.41 bits per heavy atom. The molecule has 1 N–H and O–H groups in total. The zero-order chi connectivity index (χ0) is 15.4. The van der Waals surface area contributed by atoms with Crippen LogP contribution in [0.4, 0.5) is 5.13 Å². The van der Waals surface area contributed by atoms with Gasteiger partial charge >= 0.3 is 0 Å². The standard InChI is InChI=1S/C14H18BrN5OS/c15-12-8-17-20(10-12)6-5-19-4-1-2-11(9-19)13(21)18-14-16-3-7-22-14/h3,7-8,10-11H,1-2,4-6,9H2,(H,16,18,21). The smallest absolute Gasteiger partial charge is 0.230 e. The highest BCUT2D eigenvalue weighted by Crippen LogP contribution is 2.19. The first-order valence-corrected chi connectivity index (χ1v) is 8.98. The first-order valence-electron chi connectivity index (χ1n) is 7.31. The minimum Gasteiger partial charge on any atom is -0.302 e. The summed E-state index contributed by atoms with van der Waals surface area (Å²) in [6, 6.07) is 0. The van der Waals surface area contributed by atoms with E-state index in [2.05, 4.69) is 36.2 Å². The second-order valence-electron chi connectivity index (χ2n) is 5.39. The maximum Gasteiger partial charge on any atom is 0.230 e. The summed E-state index contributed by atoms with van der Waals surface area (Å²) in [4.78, 5) is 18.7. The van der Waals surface area contributed by atoms with E-state index in [0.717, 1.165) is 43.5 Å². The molecule has 1 aliphatic heterocycles. The quantitative estimate of drug-likeness (QED) is 0.860. The molecule has 3 heterocycles. The van der Waals surface area contributed by atoms with Gasteiger partial charge in [-0.05, 0) is 35.3 Å². The van der Waals surface area contributed by atoms with Crippen LogP contribution >= 0.6 is 27.3 Å². The fraction of sp³-hybridized carbons (Fsp3) is 0.500. The van der Waals surface area contributed by atoms with E-state index in [1.165, 1.54) is 11.3 Å². The second kappa shape index (κ2) is 7.34. The van der Waals surface area contributed by atoms with E-state index in [-0.39, 0.29) is 11.8 Å². The Labute approximate surface area is 141 Å². The molecule has 2 aromatic heterocycles. The normalized spacial score (nSPS) is 19.2. The highest BCUT2D eigenvalue weighted by atomic mass is 79.9. The molecule has 2 aromatic rings. The van der Waals surface area contributed by atoms with Crippen LogP contribution < -0.4 is 5.32 Å². The van der Waals surface area contributed by atoms with Crippen LogP contribution in [0.5, 0.6) is 0 Å². The van der Waals surface area contributed by atoms with Crippen LogP contribution in [-0.4, -0.2) is 45.2 Å². The van der Waals surface area contributed by atoms with Gasteiger partial charge < -0.3 is 10.2 Å². The fourth-order valence-corrected chi connectivity index (χ4v) is 3.53. The monoisotopic (exact) mass is 383 g/mol. The summed E-state index contributed by atoms with van der Waals surface area (Å²) in [7, 11) is 0. The third kappa shape index (κ3) is 4.15. The zero-order valence-electron chi connectivity index (χ0n) is 12.1. The highest BCUT2D eigenvalue weighted by molar-refractivity contribution is 9.10. The van der Waals surface area contributed by atoms with Gasteiger partial charge in [0.05, 0.1) is 23.1 Å². The molecule has 1 saturated heterocycles. The van der Waals surface area contributed by atoms with Gasteiger partial charge in [0.25, 0.3) is 0 Å². The number of hydrogen-bond acceptors (Lipinski definition) is 5. The van der Waals surface area contributed by atoms with Crippen molar-refractivity contribution in [2.24, 2.45) is 5.92 Å². The Kier molecular flexibility index (Phi) is 5.22. The number of halogens is 1. The molecule has 1 amide bonds. The Morgan fingerprint density at radius 3 is 3.14 bits per heavy atom. The summed E-state index contributed by atoms with van der Waals surface area (Å²) in [5, 5.41) is 9.72. The van der Waals surface area contributed by atoms with Gasteiger partial charge in [0.15, 0.2) is 5.13 Å². The van der Waals surface area contributed by atoms with Crippen molar-refractivity contribution in [2.45, 2.75) is 19.4 Å². The van der Waals surface area contributed by atoms with E-state index >= 15 is 0 Å². The van der Waals surface area contributed by atoms with Crippen LogP contribution in [0.3, 0.4) is 0 Å². The molecule has 0 bridgehead atoms. The number of nitrogens with one attached hydrogen (secondary N) is 1. The number of aromatic nitrogens is 3. The fourth-order valence-electron chi connectivity index (χ4n) is 2.67. The van der Waals surface area contributed by atoms with Crippen LogP contribution in [0.1, 0.15) is 12.8 Å². The summed E-state index contributed by atoms with van der Waals surface area (Å²) in [5.41, 5.74) is 0. The number of thiazole rings is 1. The molecule has 0 radical (unpaired) electrons. The number of piperidine rings is 1. The van der Waals surface area contributed by atoms with Gasteiger partial charge in [-0.2, -0.15) is 5.10 Å². The van der Waals surface area contributed by atoms with Crippen molar-refractivity contribution in [2.75, 3.05) is 25.0 Å². The Bertz CT molecular complexity index is 615. The number of anilines is 1. The summed E-state index contributed by atoms with van der Waals surface area (Å²) in [6.45, 7) is 3.60. The van der Waals surface area contributed by atoms with Crippen molar-refractivity contribution in [3.63, 3.8) is 0 Å². The van der Waals surface area contributed by atoms with Crippen LogP contribution in [0, 0.1) is 5.92 Å². The average Bonchev–Trinajstić information content (AvgIpc) is 3.17. The molecule has 0 aromatic carbocycles. The number of amides is 1. The number of carbonyl (C=O) groups excluding carboxylic acids is 1. The maximum atomic E-state index is 12.3. The van der Waals surface area contributed by atoms with Gasteiger partial charge in [-0.3, -0.25) is 9.48 Å². The molecular weight excluding hydrogens is 366 g/mol. The third-order valence-electron chi connectivity index (χ3n) is 3.79. The largest absolute Gasteiger partial charge is 0.302 e. The van der Waals surface area contributed by atoms with Crippen molar-refractivity contribution >= 4 is 38.3 Å². The SMILES string of the molecule is O=C(Nc1nccs1)C1CCCN(CCn2cc(Br)cn2)C1. The van der Waals surface area contributed by atoms with Crippen molar-refractivity contribution in [3.05, 3.63) is 28.4 Å². The molecule has 0 aliphatic carbocycles. The van der Waals surface area contributed by atoms with Crippen molar-refractivity contribution < 1.29 is 4.79 Å². The van der Waals surface area contributed by atoms with Gasteiger partial charge in [-0.25, -0.2) is 4.98 Å². The van der Waals surface area contributed by atoms with Crippen LogP contribution in [0.2, 0.25) is 0 Å². The second-order valence-corrected chi connectivity index (χ2v) is 7.20. The van der Waals surface area contributed by atoms with E-state index < -0.39 is 0 Å². The topological polar surface area (TPSA) is 63.1 Å². The first kappa shape index (κ1) is 15.6. The summed E-state index contributed by atoms with van der Waals surface area (Å²) in [5.74, 6) is 0.128. The highest BCUT2D eigenvalue weighted by Gasteiger charge is 2.26. The number of rotatable bonds is 5. The van der Waals surface area contributed by atoms with E-state index in [9.17, 15) is 4.79 Å². The van der Waals surface area contributed by atoms with Gasteiger partial charge in [0.2, 0.25) is 5.91 Å². The lowest BCUT2D eigenvalue weighted by atomic mass is 9.97. The van der Waals surface area contributed by atoms with Gasteiger partial charge in [0.1, 0.15) is 0 Å². The first-order chi connectivity index (χ1) is 10.7. The molecular formula is C14H18BrN5OS. The van der Waals surface area contributed by atoms with Crippen LogP contribution in [0.15, 0.2) is 28.4 Å². The predicted octanol–water partition coefficient (Wildman–Crippen LogP) is 2.45. The Hall–Kier alpha value is -1.25. The summed E-state index contributed by atoms with van der Waals surface area (Å²) < 4.78 is 2.91. The number of carbonyl (C=O) groups is 1. The summed E-state index contributed by atoms with van der Waals surface area (Å²) >= 11 is 4.85. The molecule has 1 fully saturated rings. The molecule has 1 aliphatic rings. The molecule has 22 heavy (non-hydrogen) atoms. The molecule has 118 valence electrons. The lowest BCUT2D eigenvalue weighted by molar-refractivity contribution is -0.121. The van der Waals surface area contributed by atoms with E-state index in [4.69, 9.17) is 0 Å². The van der Waals surface area contributed by atoms with Gasteiger partial charge in [-0.15, -0.1) is 11.3 Å². The number of likely N-dealkylation sites (tertiary alicyclic amines) is 1. The number of nitrogens with zero attached hydrogens (tertiary/aromatic N) is 4. The number of hydrogen-bond donors (Lipinski definition) is 1. The Balaban J connectivity index is 1.49. The Morgan fingerprint density at radius 1 is 1.50 bits per heavy atom. The third-order valence-corrected chi connectivity index (χ3v) is 4.88. The van der Waals surface area contributed by atoms with Crippen LogP contribution in [0.25, 0.3) is 0 Å². The molecule has 8 heteroatoms. The molecule has 0 spiro atoms. The van der Waals surface area contributed by atoms with Gasteiger partial charge in [0, 0.05) is 30.9 Å². The lowest BCUT2D eigenvalue weighted by Crippen LogP contribution is -2.42. The van der Waals surface area contributed by atoms with Crippen molar-refractivity contribution in [3.8, 4) is 0 Å². The predicted molar refractivity (Wildman–Crippen MR) is 89.8 cm³/mol. The van der Waals surface area contributed by atoms with E-state index in [1.807, 2.05) is 16.3 Å².